The second kappa shape index (κ2) is 2.48. The third kappa shape index (κ3) is 1.11. The third-order valence-corrected chi connectivity index (χ3v) is 1.74. The molecule has 60 valence electrons. The molecule has 0 heterocycles. The molecule has 2 heteroatoms. The fourth-order valence-electron chi connectivity index (χ4n) is 1.28. The van der Waals surface area contributed by atoms with E-state index in [2.05, 4.69) is 0 Å². The normalized spacial score (nSPS) is 18.2. The predicted octanol–water partition coefficient (Wildman–Crippen LogP) is 1.87. The van der Waals surface area contributed by atoms with Gasteiger partial charge in [0.05, 0.1) is 0 Å². The summed E-state index contributed by atoms with van der Waals surface area (Å²) in [6.07, 6.45) is 9.67. The van der Waals surface area contributed by atoms with Crippen LogP contribution in [-0.4, -0.2) is 5.97 Å². The third-order valence-electron chi connectivity index (χ3n) is 1.74. The highest BCUT2D eigenvalue weighted by Crippen LogP contribution is 2.28. The Bertz CT molecular complexity index is 354. The highest BCUT2D eigenvalue weighted by molar-refractivity contribution is 5.70. The zero-order valence-electron chi connectivity index (χ0n) is 6.70. The number of rotatable bonds is 1. The van der Waals surface area contributed by atoms with Crippen molar-refractivity contribution in [1.29, 1.82) is 0 Å². The Hall–Kier alpha value is -1.57. The van der Waals surface area contributed by atoms with Crippen molar-refractivity contribution < 1.29 is 9.53 Å². The Morgan fingerprint density at radius 2 is 2.17 bits per heavy atom. The minimum absolute atomic E-state index is 0.275. The van der Waals surface area contributed by atoms with Gasteiger partial charge in [-0.2, -0.15) is 0 Å². The topological polar surface area (TPSA) is 26.3 Å². The van der Waals surface area contributed by atoms with Crippen molar-refractivity contribution in [3.8, 4) is 0 Å². The van der Waals surface area contributed by atoms with Crippen LogP contribution in [0.3, 0.4) is 0 Å². The van der Waals surface area contributed by atoms with Crippen LogP contribution in [0, 0.1) is 0 Å². The van der Waals surface area contributed by atoms with Crippen molar-refractivity contribution in [2.45, 2.75) is 6.92 Å². The maximum atomic E-state index is 10.6. The Morgan fingerprint density at radius 3 is 2.83 bits per heavy atom. The van der Waals surface area contributed by atoms with Gasteiger partial charge in [0.2, 0.25) is 0 Å². The van der Waals surface area contributed by atoms with Crippen molar-refractivity contribution in [3.05, 3.63) is 47.3 Å². The molecule has 0 fully saturated rings. The summed E-state index contributed by atoms with van der Waals surface area (Å²) in [5.41, 5.74) is 2.23. The van der Waals surface area contributed by atoms with Crippen molar-refractivity contribution in [1.82, 2.24) is 0 Å². The molecule has 2 aliphatic rings. The number of carbonyl (C=O) groups excluding carboxylic acids is 1. The fraction of sp³-hybridized carbons (Fsp3) is 0.100. The van der Waals surface area contributed by atoms with Gasteiger partial charge in [-0.1, -0.05) is 18.2 Å². The van der Waals surface area contributed by atoms with Gasteiger partial charge in [-0.15, -0.1) is 0 Å². The molecule has 0 aromatic carbocycles. The van der Waals surface area contributed by atoms with Crippen LogP contribution < -0.4 is 0 Å². The second-order valence-electron chi connectivity index (χ2n) is 2.72. The zero-order chi connectivity index (χ0) is 8.55. The molecule has 0 spiro atoms. The molecule has 0 radical (unpaired) electrons. The maximum Gasteiger partial charge on any atom is 0.308 e. The van der Waals surface area contributed by atoms with Gasteiger partial charge in [0.1, 0.15) is 5.76 Å². The van der Waals surface area contributed by atoms with Crippen LogP contribution in [0.5, 0.6) is 0 Å². The van der Waals surface area contributed by atoms with Crippen molar-refractivity contribution in [2.24, 2.45) is 0 Å². The summed E-state index contributed by atoms with van der Waals surface area (Å²) in [5.74, 6) is 0.357. The molecule has 0 saturated carbocycles. The van der Waals surface area contributed by atoms with Gasteiger partial charge in [-0.3, -0.25) is 4.79 Å². The number of hydrogen-bond donors (Lipinski definition) is 0. The van der Waals surface area contributed by atoms with Crippen LogP contribution in [-0.2, 0) is 9.53 Å². The molecule has 0 atom stereocenters. The molecular weight excluding hydrogens is 152 g/mol. The van der Waals surface area contributed by atoms with E-state index >= 15 is 0 Å². The average Bonchev–Trinajstić information content (AvgIpc) is 2.43. The van der Waals surface area contributed by atoms with Crippen molar-refractivity contribution in [2.75, 3.05) is 0 Å². The highest BCUT2D eigenvalue weighted by Gasteiger charge is 2.14. The van der Waals surface area contributed by atoms with Crippen LogP contribution >= 0.6 is 0 Å². The Balaban J connectivity index is 2.19. The smallest absolute Gasteiger partial charge is 0.308 e. The first kappa shape index (κ1) is 7.10. The molecule has 0 N–H and O–H groups in total. The van der Waals surface area contributed by atoms with E-state index < -0.39 is 0 Å². The summed E-state index contributed by atoms with van der Waals surface area (Å²) >= 11 is 0. The van der Waals surface area contributed by atoms with E-state index in [4.69, 9.17) is 4.74 Å². The minimum Gasteiger partial charge on any atom is -0.427 e. The zero-order valence-corrected chi connectivity index (χ0v) is 6.70. The fourth-order valence-corrected chi connectivity index (χ4v) is 1.28. The van der Waals surface area contributed by atoms with Crippen LogP contribution in [0.2, 0.25) is 0 Å². The van der Waals surface area contributed by atoms with E-state index in [1.54, 1.807) is 0 Å². The molecule has 2 rings (SSSR count). The largest absolute Gasteiger partial charge is 0.427 e. The van der Waals surface area contributed by atoms with E-state index in [1.165, 1.54) is 6.92 Å². The van der Waals surface area contributed by atoms with Crippen LogP contribution in [0.25, 0.3) is 0 Å². The number of hydrogen-bond acceptors (Lipinski definition) is 2. The van der Waals surface area contributed by atoms with Crippen molar-refractivity contribution in [3.63, 3.8) is 0 Å². The van der Waals surface area contributed by atoms with E-state index in [9.17, 15) is 4.79 Å². The van der Waals surface area contributed by atoms with Crippen LogP contribution in [0.4, 0.5) is 0 Å². The lowest BCUT2D eigenvalue weighted by molar-refractivity contribution is -0.136. The van der Waals surface area contributed by atoms with Gasteiger partial charge in [0.15, 0.2) is 0 Å². The Labute approximate surface area is 70.5 Å². The van der Waals surface area contributed by atoms with Gasteiger partial charge in [0.25, 0.3) is 0 Å². The van der Waals surface area contributed by atoms with Gasteiger partial charge >= 0.3 is 5.97 Å². The molecule has 0 aromatic heterocycles. The summed E-state index contributed by atoms with van der Waals surface area (Å²) in [4.78, 5) is 10.6. The lowest BCUT2D eigenvalue weighted by Gasteiger charge is -1.96. The summed E-state index contributed by atoms with van der Waals surface area (Å²) in [5, 5.41) is 0. The molecule has 0 aliphatic heterocycles. The summed E-state index contributed by atoms with van der Waals surface area (Å²) in [7, 11) is 0. The van der Waals surface area contributed by atoms with Crippen LogP contribution in [0.15, 0.2) is 47.3 Å². The molecule has 0 saturated heterocycles. The number of allylic oxidation sites excluding steroid dienone is 7. The number of carbonyl (C=O) groups is 1. The van der Waals surface area contributed by atoms with E-state index in [1.807, 2.05) is 30.4 Å². The molecule has 0 aromatic rings. The number of ether oxygens (including phenoxy) is 1. The molecule has 12 heavy (non-hydrogen) atoms. The molecule has 2 nitrogen and oxygen atoms in total. The quantitative estimate of drug-likeness (QED) is 0.547. The first-order chi connectivity index (χ1) is 5.75. The van der Waals surface area contributed by atoms with Crippen molar-refractivity contribution >= 4 is 5.97 Å². The molecule has 2 aliphatic carbocycles. The van der Waals surface area contributed by atoms with Gasteiger partial charge in [-0.25, -0.2) is 0 Å². The lowest BCUT2D eigenvalue weighted by Crippen LogP contribution is -1.94. The van der Waals surface area contributed by atoms with Gasteiger partial charge in [0, 0.05) is 6.92 Å². The molecule has 0 bridgehead atoms. The summed E-state index contributed by atoms with van der Waals surface area (Å²) in [6, 6.07) is 0. The van der Waals surface area contributed by atoms with E-state index in [-0.39, 0.29) is 5.97 Å². The number of fused-ring (bicyclic) bond motifs is 1. The maximum absolute atomic E-state index is 10.6. The van der Waals surface area contributed by atoms with Gasteiger partial charge in [-0.05, 0) is 23.3 Å². The highest BCUT2D eigenvalue weighted by atomic mass is 16.5. The minimum atomic E-state index is -0.275. The monoisotopic (exact) mass is 160 g/mol. The summed E-state index contributed by atoms with van der Waals surface area (Å²) in [6.45, 7) is 1.40. The summed E-state index contributed by atoms with van der Waals surface area (Å²) < 4.78 is 4.92. The van der Waals surface area contributed by atoms with Crippen LogP contribution in [0.1, 0.15) is 6.92 Å². The Kier molecular flexibility index (Phi) is 1.47. The molecule has 0 amide bonds. The standard InChI is InChI=1S/C10H8O2/c1-7(11)12-10-5-8-3-2-4-9(8)6-10/h2-6H,1H3. The second-order valence-corrected chi connectivity index (χ2v) is 2.72. The van der Waals surface area contributed by atoms with E-state index in [0.29, 0.717) is 5.76 Å². The predicted molar refractivity (Wildman–Crippen MR) is 45.2 cm³/mol. The molecular formula is C10H8O2. The Morgan fingerprint density at radius 1 is 1.33 bits per heavy atom. The molecule has 0 unspecified atom stereocenters. The average molecular weight is 160 g/mol. The SMILES string of the molecule is CC(=O)OC1=CC2=CC=CC2=C1. The van der Waals surface area contributed by atoms with E-state index in [0.717, 1.165) is 11.1 Å². The van der Waals surface area contributed by atoms with Gasteiger partial charge < -0.3 is 4.74 Å². The first-order valence-electron chi connectivity index (χ1n) is 3.76. The first-order valence-corrected chi connectivity index (χ1v) is 3.76. The lowest BCUT2D eigenvalue weighted by atomic mass is 10.2. The number of esters is 1.